The number of aromatic nitrogens is 2. The monoisotopic (exact) mass is 361 g/mol. The minimum absolute atomic E-state index is 0.320. The van der Waals surface area contributed by atoms with Crippen molar-refractivity contribution >= 4 is 27.3 Å². The summed E-state index contributed by atoms with van der Waals surface area (Å²) >= 11 is 5.21. The smallest absolute Gasteiger partial charge is 0.0991 e. The molecule has 3 rings (SSSR count). The largest absolute Gasteiger partial charge is 0.306 e. The minimum Gasteiger partial charge on any atom is -0.306 e. The lowest BCUT2D eigenvalue weighted by Gasteiger charge is -2.14. The van der Waals surface area contributed by atoms with Gasteiger partial charge >= 0.3 is 0 Å². The van der Waals surface area contributed by atoms with Gasteiger partial charge in [-0.2, -0.15) is 0 Å². The molecule has 1 aromatic carbocycles. The zero-order valence-electron chi connectivity index (χ0n) is 11.7. The molecule has 5 heteroatoms. The van der Waals surface area contributed by atoms with Crippen LogP contribution in [0.15, 0.2) is 58.2 Å². The Morgan fingerprint density at radius 1 is 1.33 bits per heavy atom. The summed E-state index contributed by atoms with van der Waals surface area (Å²) in [5, 5.41) is 5.72. The van der Waals surface area contributed by atoms with Crippen LogP contribution in [0.25, 0.3) is 5.69 Å². The molecule has 1 N–H and O–H groups in total. The number of nitrogens with one attached hydrogen (secondary N) is 1. The van der Waals surface area contributed by atoms with E-state index in [-0.39, 0.29) is 0 Å². The Balaban J connectivity index is 1.63. The van der Waals surface area contributed by atoms with Crippen LogP contribution in [0.2, 0.25) is 0 Å². The molecule has 0 unspecified atom stereocenters. The molecule has 0 aliphatic carbocycles. The minimum atomic E-state index is 0.320. The highest BCUT2D eigenvalue weighted by Gasteiger charge is 2.06. The Morgan fingerprint density at radius 2 is 2.14 bits per heavy atom. The first-order chi connectivity index (χ1) is 10.2. The molecule has 2 heterocycles. The van der Waals surface area contributed by atoms with Gasteiger partial charge < -0.3 is 9.88 Å². The fourth-order valence-corrected chi connectivity index (χ4v) is 3.38. The summed E-state index contributed by atoms with van der Waals surface area (Å²) in [6, 6.07) is 11.0. The van der Waals surface area contributed by atoms with Crippen LogP contribution in [0.4, 0.5) is 0 Å². The van der Waals surface area contributed by atoms with E-state index in [4.69, 9.17) is 0 Å². The summed E-state index contributed by atoms with van der Waals surface area (Å²) in [4.78, 5) is 4.07. The van der Waals surface area contributed by atoms with Crippen molar-refractivity contribution in [1.82, 2.24) is 14.9 Å². The van der Waals surface area contributed by atoms with Crippen LogP contribution in [-0.4, -0.2) is 9.55 Å². The lowest BCUT2D eigenvalue weighted by Crippen LogP contribution is -2.17. The number of benzene rings is 1. The van der Waals surface area contributed by atoms with Crippen molar-refractivity contribution in [2.45, 2.75) is 19.5 Å². The molecule has 3 nitrogen and oxygen atoms in total. The van der Waals surface area contributed by atoms with E-state index < -0.39 is 0 Å². The van der Waals surface area contributed by atoms with Crippen LogP contribution in [0.1, 0.15) is 24.1 Å². The van der Waals surface area contributed by atoms with Crippen LogP contribution < -0.4 is 5.32 Å². The molecule has 21 heavy (non-hydrogen) atoms. The van der Waals surface area contributed by atoms with Crippen molar-refractivity contribution in [2.24, 2.45) is 0 Å². The average molecular weight is 362 g/mol. The van der Waals surface area contributed by atoms with Gasteiger partial charge in [0.05, 0.1) is 10.1 Å². The number of hydrogen-bond donors (Lipinski definition) is 1. The third-order valence-electron chi connectivity index (χ3n) is 3.43. The lowest BCUT2D eigenvalue weighted by molar-refractivity contribution is 0.575. The Hall–Kier alpha value is -1.43. The summed E-state index contributed by atoms with van der Waals surface area (Å²) in [6.45, 7) is 3.07. The van der Waals surface area contributed by atoms with E-state index in [1.807, 2.05) is 17.1 Å². The summed E-state index contributed by atoms with van der Waals surface area (Å²) in [5.74, 6) is 0. The molecule has 0 saturated carbocycles. The second kappa shape index (κ2) is 6.56. The average Bonchev–Trinajstić information content (AvgIpc) is 3.16. The molecular formula is C16H16BrN3S. The molecule has 0 spiro atoms. The standard InChI is InChI=1S/C16H16BrN3S/c1-12(19-9-13-8-16(17)21-10-13)14-2-4-15(5-3-14)20-7-6-18-11-20/h2-8,10-12,19H,9H2,1H3/t12-/m1/s1. The number of hydrogen-bond acceptors (Lipinski definition) is 3. The van der Waals surface area contributed by atoms with E-state index in [1.165, 1.54) is 14.9 Å². The maximum Gasteiger partial charge on any atom is 0.0991 e. The van der Waals surface area contributed by atoms with E-state index in [0.29, 0.717) is 6.04 Å². The fourth-order valence-electron chi connectivity index (χ4n) is 2.17. The first kappa shape index (κ1) is 14.5. The van der Waals surface area contributed by atoms with Gasteiger partial charge in [0.1, 0.15) is 0 Å². The zero-order chi connectivity index (χ0) is 14.7. The Kier molecular flexibility index (Phi) is 4.53. The molecule has 0 aliphatic rings. The molecule has 0 amide bonds. The molecule has 1 atom stereocenters. The van der Waals surface area contributed by atoms with E-state index in [9.17, 15) is 0 Å². The zero-order valence-corrected chi connectivity index (χ0v) is 14.1. The highest BCUT2D eigenvalue weighted by molar-refractivity contribution is 9.11. The molecular weight excluding hydrogens is 346 g/mol. The second-order valence-electron chi connectivity index (χ2n) is 4.92. The van der Waals surface area contributed by atoms with Gasteiger partial charge in [-0.1, -0.05) is 12.1 Å². The third-order valence-corrected chi connectivity index (χ3v) is 4.98. The molecule has 0 aliphatic heterocycles. The first-order valence-corrected chi connectivity index (χ1v) is 8.44. The molecule has 3 aromatic rings. The lowest BCUT2D eigenvalue weighted by atomic mass is 10.1. The second-order valence-corrected chi connectivity index (χ2v) is 7.21. The summed E-state index contributed by atoms with van der Waals surface area (Å²) in [6.07, 6.45) is 5.55. The Bertz CT molecular complexity index is 689. The third kappa shape index (κ3) is 3.61. The first-order valence-electron chi connectivity index (χ1n) is 6.77. The SMILES string of the molecule is C[C@@H](NCc1csc(Br)c1)c1ccc(-n2ccnc2)cc1. The molecule has 2 aromatic heterocycles. The maximum absolute atomic E-state index is 4.07. The Morgan fingerprint density at radius 3 is 2.76 bits per heavy atom. The van der Waals surface area contributed by atoms with E-state index >= 15 is 0 Å². The normalized spacial score (nSPS) is 12.5. The van der Waals surface area contributed by atoms with Gasteiger partial charge in [0, 0.05) is 30.7 Å². The van der Waals surface area contributed by atoms with Gasteiger partial charge in [-0.25, -0.2) is 4.98 Å². The van der Waals surface area contributed by atoms with Crippen molar-refractivity contribution in [3.05, 3.63) is 69.3 Å². The molecule has 108 valence electrons. The van der Waals surface area contributed by atoms with Crippen LogP contribution in [0, 0.1) is 0 Å². The number of halogens is 1. The molecule has 0 bridgehead atoms. The van der Waals surface area contributed by atoms with Crippen molar-refractivity contribution in [1.29, 1.82) is 0 Å². The quantitative estimate of drug-likeness (QED) is 0.722. The number of thiophene rings is 1. The molecule has 0 fully saturated rings. The Labute approximate surface area is 136 Å². The van der Waals surface area contributed by atoms with E-state index in [2.05, 4.69) is 68.9 Å². The summed E-state index contributed by atoms with van der Waals surface area (Å²) in [7, 11) is 0. The number of imidazole rings is 1. The summed E-state index contributed by atoms with van der Waals surface area (Å²) in [5.41, 5.74) is 3.73. The van der Waals surface area contributed by atoms with Crippen molar-refractivity contribution < 1.29 is 0 Å². The number of rotatable bonds is 5. The summed E-state index contributed by atoms with van der Waals surface area (Å²) < 4.78 is 3.18. The highest BCUT2D eigenvalue weighted by atomic mass is 79.9. The van der Waals surface area contributed by atoms with Gasteiger partial charge in [0.15, 0.2) is 0 Å². The van der Waals surface area contributed by atoms with Gasteiger partial charge in [0.25, 0.3) is 0 Å². The van der Waals surface area contributed by atoms with Crippen LogP contribution >= 0.6 is 27.3 Å². The van der Waals surface area contributed by atoms with E-state index in [0.717, 1.165) is 12.2 Å². The van der Waals surface area contributed by atoms with Gasteiger partial charge in [-0.05, 0) is 57.6 Å². The predicted octanol–water partition coefficient (Wildman–Crippen LogP) is 4.55. The van der Waals surface area contributed by atoms with Crippen LogP contribution in [0.3, 0.4) is 0 Å². The van der Waals surface area contributed by atoms with Crippen LogP contribution in [0.5, 0.6) is 0 Å². The van der Waals surface area contributed by atoms with Crippen LogP contribution in [-0.2, 0) is 6.54 Å². The van der Waals surface area contributed by atoms with E-state index in [1.54, 1.807) is 17.5 Å². The van der Waals surface area contributed by atoms with Gasteiger partial charge in [-0.15, -0.1) is 11.3 Å². The molecule has 0 radical (unpaired) electrons. The topological polar surface area (TPSA) is 29.9 Å². The fraction of sp³-hybridized carbons (Fsp3) is 0.188. The number of nitrogens with zero attached hydrogens (tertiary/aromatic N) is 2. The highest BCUT2D eigenvalue weighted by Crippen LogP contribution is 2.21. The van der Waals surface area contributed by atoms with Crippen molar-refractivity contribution in [3.63, 3.8) is 0 Å². The van der Waals surface area contributed by atoms with Crippen molar-refractivity contribution in [3.8, 4) is 5.69 Å². The molecule has 0 saturated heterocycles. The van der Waals surface area contributed by atoms with Crippen molar-refractivity contribution in [2.75, 3.05) is 0 Å². The van der Waals surface area contributed by atoms with Gasteiger partial charge in [0.2, 0.25) is 0 Å². The maximum atomic E-state index is 4.07. The predicted molar refractivity (Wildman–Crippen MR) is 90.8 cm³/mol. The van der Waals surface area contributed by atoms with Gasteiger partial charge in [-0.3, -0.25) is 0 Å².